The van der Waals surface area contributed by atoms with Gasteiger partial charge in [-0.1, -0.05) is 78.9 Å². The van der Waals surface area contributed by atoms with E-state index in [0.29, 0.717) is 13.6 Å². The molecule has 0 aliphatic carbocycles. The molecule has 0 bridgehead atoms. The van der Waals surface area contributed by atoms with Crippen LogP contribution in [0, 0.1) is 0 Å². The first-order valence-electron chi connectivity index (χ1n) is 17.8. The van der Waals surface area contributed by atoms with Crippen LogP contribution in [0.5, 0.6) is 23.0 Å². The highest BCUT2D eigenvalue weighted by Gasteiger charge is 2.33. The number of hydrogen-bond donors (Lipinski definition) is 3. The minimum absolute atomic E-state index is 0.154. The molecule has 0 radical (unpaired) electrons. The Morgan fingerprint density at radius 1 is 0.569 bits per heavy atom. The van der Waals surface area contributed by atoms with Crippen LogP contribution in [0.4, 0.5) is 0 Å². The first-order chi connectivity index (χ1) is 25.3. The van der Waals surface area contributed by atoms with E-state index >= 15 is 0 Å². The van der Waals surface area contributed by atoms with Gasteiger partial charge in [0.25, 0.3) is 0 Å². The Labute approximate surface area is 295 Å². The highest BCUT2D eigenvalue weighted by Crippen LogP contribution is 2.43. The average Bonchev–Trinajstić information content (AvgIpc) is 3.99. The molecule has 6 heterocycles. The van der Waals surface area contributed by atoms with E-state index in [1.165, 1.54) is 61.0 Å². The second kappa shape index (κ2) is 12.6. The number of ether oxygens (including phenoxy) is 4. The third kappa shape index (κ3) is 5.39. The van der Waals surface area contributed by atoms with Crippen LogP contribution in [0.2, 0.25) is 0 Å². The van der Waals surface area contributed by atoms with Crippen molar-refractivity contribution in [2.45, 2.75) is 31.5 Å². The van der Waals surface area contributed by atoms with E-state index in [1.807, 2.05) is 12.1 Å². The number of aromatic amines is 2. The van der Waals surface area contributed by atoms with Crippen LogP contribution in [-0.4, -0.2) is 41.5 Å². The molecule has 0 spiro atoms. The first kappa shape index (κ1) is 30.2. The van der Waals surface area contributed by atoms with Crippen molar-refractivity contribution in [1.82, 2.24) is 20.2 Å². The summed E-state index contributed by atoms with van der Waals surface area (Å²) in [6.45, 7) is 3.52. The van der Waals surface area contributed by atoms with Crippen molar-refractivity contribution in [3.8, 4) is 23.0 Å². The summed E-state index contributed by atoms with van der Waals surface area (Å²) in [6.07, 6.45) is 2.10. The molecule has 0 fully saturated rings. The van der Waals surface area contributed by atoms with Gasteiger partial charge in [-0.25, -0.2) is 0 Å². The molecule has 0 saturated heterocycles. The van der Waals surface area contributed by atoms with Gasteiger partial charge in [-0.3, -0.25) is 4.90 Å². The molecule has 4 aliphatic rings. The fourth-order valence-electron chi connectivity index (χ4n) is 8.30. The molecule has 8 heteroatoms. The number of aromatic nitrogens is 2. The summed E-state index contributed by atoms with van der Waals surface area (Å²) in [5.74, 6) is 3.33. The topological polar surface area (TPSA) is 83.8 Å². The molecular formula is C43H38N4O4. The number of para-hydroxylation sites is 2. The van der Waals surface area contributed by atoms with Gasteiger partial charge in [0.05, 0.1) is 12.1 Å². The molecule has 7 aromatic rings. The molecule has 4 aliphatic heterocycles. The van der Waals surface area contributed by atoms with Gasteiger partial charge in [0.1, 0.15) is 0 Å². The number of nitrogens with zero attached hydrogens (tertiary/aromatic N) is 1. The average molecular weight is 675 g/mol. The molecule has 2 aromatic heterocycles. The summed E-state index contributed by atoms with van der Waals surface area (Å²) in [6, 6.07) is 40.8. The van der Waals surface area contributed by atoms with Crippen molar-refractivity contribution in [1.29, 1.82) is 0 Å². The van der Waals surface area contributed by atoms with Gasteiger partial charge in [-0.2, -0.15) is 0 Å². The fraction of sp³-hybridized carbons (Fsp3) is 0.209. The van der Waals surface area contributed by atoms with Crippen molar-refractivity contribution in [2.75, 3.05) is 26.7 Å². The van der Waals surface area contributed by atoms with E-state index in [1.54, 1.807) is 0 Å². The van der Waals surface area contributed by atoms with Crippen LogP contribution in [0.3, 0.4) is 0 Å². The van der Waals surface area contributed by atoms with Crippen molar-refractivity contribution in [2.24, 2.45) is 0 Å². The van der Waals surface area contributed by atoms with Crippen LogP contribution < -0.4 is 24.3 Å². The van der Waals surface area contributed by atoms with Crippen molar-refractivity contribution in [3.05, 3.63) is 154 Å². The minimum atomic E-state index is 0.154. The van der Waals surface area contributed by atoms with Crippen LogP contribution in [-0.2, 0) is 19.4 Å². The molecular weight excluding hydrogens is 636 g/mol. The second-order valence-electron chi connectivity index (χ2n) is 13.6. The first-order valence-corrected chi connectivity index (χ1v) is 17.8. The number of rotatable bonds is 4. The fourth-order valence-corrected chi connectivity index (χ4v) is 8.30. The Bertz CT molecular complexity index is 2380. The molecule has 254 valence electrons. The zero-order valence-electron chi connectivity index (χ0n) is 28.2. The Hall–Kier alpha value is -5.70. The summed E-state index contributed by atoms with van der Waals surface area (Å²) in [5.41, 5.74) is 11.6. The van der Waals surface area contributed by atoms with Gasteiger partial charge in [0, 0.05) is 52.8 Å². The van der Waals surface area contributed by atoms with E-state index in [9.17, 15) is 0 Å². The normalized spacial score (nSPS) is 18.7. The minimum Gasteiger partial charge on any atom is -0.454 e. The zero-order chi connectivity index (χ0) is 33.7. The standard InChI is InChI=1S/C25H22N2O2.C18H16N2O2/c1-2-6-17(7-3-1)15-27-13-12-20-19-8-4-5-9-21(19)26-24(20)25(27)18-10-11-22-23(14-18)29-16-28-22;1-2-4-14-12(3-1)13-7-8-19-17(18(13)20-14)11-5-6-15-16(9-11)22-10-21-15/h1-11,14,25-26H,12-13,15-16H2;1-6,9,17,19-20H,7-8,10H2. The third-order valence-corrected chi connectivity index (χ3v) is 10.7. The Kier molecular flexibility index (Phi) is 7.43. The smallest absolute Gasteiger partial charge is 0.231 e. The van der Waals surface area contributed by atoms with Crippen molar-refractivity contribution < 1.29 is 18.9 Å². The van der Waals surface area contributed by atoms with Gasteiger partial charge in [0.15, 0.2) is 23.0 Å². The quantitative estimate of drug-likeness (QED) is 0.175. The number of nitrogens with one attached hydrogen (secondary N) is 3. The maximum atomic E-state index is 5.68. The summed E-state index contributed by atoms with van der Waals surface area (Å²) in [5, 5.41) is 6.29. The molecule has 2 atom stereocenters. The Morgan fingerprint density at radius 3 is 1.88 bits per heavy atom. The Balaban J connectivity index is 0.000000133. The lowest BCUT2D eigenvalue weighted by molar-refractivity contribution is 0.173. The molecule has 11 rings (SSSR count). The molecule has 8 nitrogen and oxygen atoms in total. The highest BCUT2D eigenvalue weighted by atomic mass is 16.7. The predicted molar refractivity (Wildman–Crippen MR) is 198 cm³/mol. The highest BCUT2D eigenvalue weighted by molar-refractivity contribution is 5.86. The van der Waals surface area contributed by atoms with Crippen LogP contribution in [0.25, 0.3) is 21.8 Å². The maximum absolute atomic E-state index is 5.68. The van der Waals surface area contributed by atoms with Gasteiger partial charge in [-0.05, 0) is 77.1 Å². The number of H-pyrrole nitrogens is 2. The summed E-state index contributed by atoms with van der Waals surface area (Å²) in [7, 11) is 0. The lowest BCUT2D eigenvalue weighted by Crippen LogP contribution is -2.35. The maximum Gasteiger partial charge on any atom is 0.231 e. The van der Waals surface area contributed by atoms with Gasteiger partial charge in [0.2, 0.25) is 13.6 Å². The third-order valence-electron chi connectivity index (χ3n) is 10.7. The summed E-state index contributed by atoms with van der Waals surface area (Å²) in [4.78, 5) is 9.89. The monoisotopic (exact) mass is 674 g/mol. The van der Waals surface area contributed by atoms with Crippen LogP contribution >= 0.6 is 0 Å². The van der Waals surface area contributed by atoms with Gasteiger partial charge in [-0.15, -0.1) is 0 Å². The number of hydrogen-bond acceptors (Lipinski definition) is 6. The van der Waals surface area contributed by atoms with Crippen molar-refractivity contribution >= 4 is 21.8 Å². The van der Waals surface area contributed by atoms with E-state index in [0.717, 1.165) is 55.5 Å². The predicted octanol–water partition coefficient (Wildman–Crippen LogP) is 8.18. The molecule has 0 amide bonds. The molecule has 51 heavy (non-hydrogen) atoms. The molecule has 3 N–H and O–H groups in total. The molecule has 5 aromatic carbocycles. The lowest BCUT2D eigenvalue weighted by Gasteiger charge is -2.36. The Morgan fingerprint density at radius 2 is 1.16 bits per heavy atom. The molecule has 0 saturated carbocycles. The summed E-state index contributed by atoms with van der Waals surface area (Å²) < 4.78 is 22.1. The van der Waals surface area contributed by atoms with E-state index in [4.69, 9.17) is 18.9 Å². The largest absolute Gasteiger partial charge is 0.454 e. The lowest BCUT2D eigenvalue weighted by atomic mass is 9.91. The second-order valence-corrected chi connectivity index (χ2v) is 13.6. The van der Waals surface area contributed by atoms with E-state index in [-0.39, 0.29) is 12.1 Å². The van der Waals surface area contributed by atoms with Crippen LogP contribution in [0.15, 0.2) is 115 Å². The van der Waals surface area contributed by atoms with Crippen molar-refractivity contribution in [3.63, 3.8) is 0 Å². The number of benzene rings is 5. The van der Waals surface area contributed by atoms with E-state index in [2.05, 4.69) is 123 Å². The van der Waals surface area contributed by atoms with Gasteiger partial charge >= 0.3 is 0 Å². The van der Waals surface area contributed by atoms with Crippen LogP contribution in [0.1, 0.15) is 51.3 Å². The van der Waals surface area contributed by atoms with E-state index < -0.39 is 0 Å². The zero-order valence-corrected chi connectivity index (χ0v) is 28.2. The molecule has 2 unspecified atom stereocenters. The van der Waals surface area contributed by atoms with Gasteiger partial charge < -0.3 is 34.2 Å². The SMILES string of the molecule is c1ccc(CN2CCc3c([nH]c4ccccc34)C2c2ccc3c(c2)OCO3)cc1.c1ccc2c3c([nH]c2c1)C(c1ccc2c(c1)OCO2)NCC3. The summed E-state index contributed by atoms with van der Waals surface area (Å²) >= 11 is 0. The number of fused-ring (bicyclic) bond motifs is 8.